The van der Waals surface area contributed by atoms with Crippen LogP contribution in [0.2, 0.25) is 0 Å². The molecule has 0 unspecified atom stereocenters. The molecule has 1 aromatic heterocycles. The van der Waals surface area contributed by atoms with E-state index in [1.165, 1.54) is 5.69 Å². The van der Waals surface area contributed by atoms with Gasteiger partial charge >= 0.3 is 0 Å². The molecule has 0 spiro atoms. The van der Waals surface area contributed by atoms with Gasteiger partial charge in [-0.05, 0) is 12.2 Å². The second kappa shape index (κ2) is 2.72. The molecule has 0 aliphatic rings. The van der Waals surface area contributed by atoms with Gasteiger partial charge < -0.3 is 4.57 Å². The molecule has 0 saturated carbocycles. The molecule has 62 valence electrons. The lowest BCUT2D eigenvalue weighted by Gasteiger charge is -2.18. The zero-order chi connectivity index (χ0) is 8.65. The van der Waals surface area contributed by atoms with Crippen molar-refractivity contribution in [3.8, 4) is 0 Å². The summed E-state index contributed by atoms with van der Waals surface area (Å²) in [5.74, 6) is 0. The molecule has 1 nitrogen and oxygen atoms in total. The number of hydrogen-bond acceptors (Lipinski definition) is 2. The van der Waals surface area contributed by atoms with Crippen LogP contribution >= 0.6 is 23.6 Å². The van der Waals surface area contributed by atoms with Gasteiger partial charge in [-0.25, -0.2) is 0 Å². The van der Waals surface area contributed by atoms with E-state index in [9.17, 15) is 0 Å². The predicted molar refractivity (Wildman–Crippen MR) is 52.8 cm³/mol. The van der Waals surface area contributed by atoms with Crippen molar-refractivity contribution in [3.63, 3.8) is 0 Å². The van der Waals surface area contributed by atoms with E-state index >= 15 is 0 Å². The van der Waals surface area contributed by atoms with Crippen LogP contribution in [0.5, 0.6) is 0 Å². The maximum atomic E-state index is 5.12. The van der Waals surface area contributed by atoms with Crippen LogP contribution in [0.25, 0.3) is 0 Å². The van der Waals surface area contributed by atoms with Crippen molar-refractivity contribution in [2.24, 2.45) is 7.05 Å². The van der Waals surface area contributed by atoms with Gasteiger partial charge in [0.2, 0.25) is 0 Å². The summed E-state index contributed by atoms with van der Waals surface area (Å²) in [5, 5.41) is 2.14. The maximum absolute atomic E-state index is 5.12. The Bertz CT molecular complexity index is 301. The molecule has 0 amide bonds. The van der Waals surface area contributed by atoms with Gasteiger partial charge in [0, 0.05) is 23.5 Å². The van der Waals surface area contributed by atoms with Crippen LogP contribution < -0.4 is 0 Å². The minimum absolute atomic E-state index is 0.211. The molecule has 0 fully saturated rings. The molecule has 11 heavy (non-hydrogen) atoms. The van der Waals surface area contributed by atoms with Crippen LogP contribution in [-0.2, 0) is 12.5 Å². The molecule has 1 rings (SSSR count). The quantitative estimate of drug-likeness (QED) is 0.565. The molecule has 0 bridgehead atoms. The Morgan fingerprint density at radius 3 is 2.18 bits per heavy atom. The Morgan fingerprint density at radius 1 is 1.45 bits per heavy atom. The highest BCUT2D eigenvalue weighted by Crippen LogP contribution is 2.24. The average Bonchev–Trinajstić information content (AvgIpc) is 2.11. The number of nitrogens with zero attached hydrogens (tertiary/aromatic N) is 1. The van der Waals surface area contributed by atoms with Crippen molar-refractivity contribution in [1.29, 1.82) is 0 Å². The third kappa shape index (κ3) is 1.71. The SMILES string of the molecule is Cn1c(C(C)(C)C)csc1=S. The standard InChI is InChI=1S/C8H13NS2/c1-8(2,3)6-5-11-7(10)9(6)4/h5H,1-4H3. The predicted octanol–water partition coefficient (Wildman–Crippen LogP) is 3.11. The molecule has 0 atom stereocenters. The van der Waals surface area contributed by atoms with Gasteiger partial charge in [-0.15, -0.1) is 11.3 Å². The van der Waals surface area contributed by atoms with E-state index in [2.05, 4.69) is 30.7 Å². The fraction of sp³-hybridized carbons (Fsp3) is 0.625. The summed E-state index contributed by atoms with van der Waals surface area (Å²) in [6.45, 7) is 6.59. The Morgan fingerprint density at radius 2 is 2.00 bits per heavy atom. The zero-order valence-corrected chi connectivity index (χ0v) is 8.97. The Labute approximate surface area is 76.7 Å². The van der Waals surface area contributed by atoms with Crippen molar-refractivity contribution in [2.75, 3.05) is 0 Å². The van der Waals surface area contributed by atoms with E-state index in [1.54, 1.807) is 11.3 Å². The molecule has 1 aromatic rings. The van der Waals surface area contributed by atoms with E-state index in [1.807, 2.05) is 7.05 Å². The summed E-state index contributed by atoms with van der Waals surface area (Å²) >= 11 is 6.76. The lowest BCUT2D eigenvalue weighted by molar-refractivity contribution is 0.541. The molecule has 0 N–H and O–H groups in total. The fourth-order valence-corrected chi connectivity index (χ4v) is 2.27. The van der Waals surface area contributed by atoms with Crippen LogP contribution in [0.1, 0.15) is 26.5 Å². The van der Waals surface area contributed by atoms with Crippen LogP contribution in [0.15, 0.2) is 5.38 Å². The number of aromatic nitrogens is 1. The van der Waals surface area contributed by atoms with Gasteiger partial charge in [-0.2, -0.15) is 0 Å². The van der Waals surface area contributed by atoms with Gasteiger partial charge in [0.25, 0.3) is 0 Å². The van der Waals surface area contributed by atoms with E-state index in [4.69, 9.17) is 12.2 Å². The topological polar surface area (TPSA) is 4.93 Å². The van der Waals surface area contributed by atoms with E-state index < -0.39 is 0 Å². The molecule has 0 aromatic carbocycles. The number of hydrogen-bond donors (Lipinski definition) is 0. The lowest BCUT2D eigenvalue weighted by Crippen LogP contribution is -2.15. The fourth-order valence-electron chi connectivity index (χ4n) is 1.04. The van der Waals surface area contributed by atoms with Gasteiger partial charge in [0.1, 0.15) is 0 Å². The minimum atomic E-state index is 0.211. The largest absolute Gasteiger partial charge is 0.330 e. The Hall–Kier alpha value is -0.150. The molecule has 0 aliphatic carbocycles. The number of rotatable bonds is 0. The van der Waals surface area contributed by atoms with E-state index in [0.29, 0.717) is 0 Å². The van der Waals surface area contributed by atoms with E-state index in [-0.39, 0.29) is 5.41 Å². The molecule has 0 aliphatic heterocycles. The van der Waals surface area contributed by atoms with E-state index in [0.717, 1.165) is 3.95 Å². The lowest BCUT2D eigenvalue weighted by atomic mass is 9.93. The average molecular weight is 187 g/mol. The highest BCUT2D eigenvalue weighted by Gasteiger charge is 2.17. The van der Waals surface area contributed by atoms with Crippen molar-refractivity contribution in [3.05, 3.63) is 15.0 Å². The first kappa shape index (κ1) is 8.94. The van der Waals surface area contributed by atoms with Crippen LogP contribution in [0, 0.1) is 3.95 Å². The first-order valence-electron chi connectivity index (χ1n) is 3.58. The third-order valence-corrected chi connectivity index (χ3v) is 3.05. The highest BCUT2D eigenvalue weighted by atomic mass is 32.1. The van der Waals surface area contributed by atoms with Gasteiger partial charge in [-0.3, -0.25) is 0 Å². The van der Waals surface area contributed by atoms with Crippen molar-refractivity contribution >= 4 is 23.6 Å². The second-order valence-corrected chi connectivity index (χ2v) is 5.20. The first-order valence-corrected chi connectivity index (χ1v) is 4.86. The molecule has 3 heteroatoms. The van der Waals surface area contributed by atoms with Gasteiger partial charge in [0.05, 0.1) is 0 Å². The van der Waals surface area contributed by atoms with Crippen molar-refractivity contribution < 1.29 is 0 Å². The monoisotopic (exact) mass is 187 g/mol. The second-order valence-electron chi connectivity index (χ2n) is 3.70. The van der Waals surface area contributed by atoms with Gasteiger partial charge in [-0.1, -0.05) is 20.8 Å². The third-order valence-electron chi connectivity index (χ3n) is 1.68. The zero-order valence-electron chi connectivity index (χ0n) is 7.34. The summed E-state index contributed by atoms with van der Waals surface area (Å²) in [6.07, 6.45) is 0. The first-order chi connectivity index (χ1) is 4.93. The Balaban J connectivity index is 3.26. The number of thiazole rings is 1. The molecular weight excluding hydrogens is 174 g/mol. The molecule has 0 saturated heterocycles. The summed E-state index contributed by atoms with van der Waals surface area (Å²) < 4.78 is 3.04. The highest BCUT2D eigenvalue weighted by molar-refractivity contribution is 7.73. The summed E-state index contributed by atoms with van der Waals surface area (Å²) in [4.78, 5) is 0. The van der Waals surface area contributed by atoms with Crippen LogP contribution in [0.4, 0.5) is 0 Å². The molecule has 0 radical (unpaired) electrons. The van der Waals surface area contributed by atoms with Gasteiger partial charge in [0.15, 0.2) is 3.95 Å². The van der Waals surface area contributed by atoms with Crippen LogP contribution in [0.3, 0.4) is 0 Å². The minimum Gasteiger partial charge on any atom is -0.330 e. The molecule has 1 heterocycles. The smallest absolute Gasteiger partial charge is 0.160 e. The summed E-state index contributed by atoms with van der Waals surface area (Å²) in [5.41, 5.74) is 1.52. The normalized spacial score (nSPS) is 12.0. The maximum Gasteiger partial charge on any atom is 0.160 e. The van der Waals surface area contributed by atoms with Crippen molar-refractivity contribution in [2.45, 2.75) is 26.2 Å². The van der Waals surface area contributed by atoms with Crippen molar-refractivity contribution in [1.82, 2.24) is 4.57 Å². The Kier molecular flexibility index (Phi) is 2.21. The summed E-state index contributed by atoms with van der Waals surface area (Å²) in [7, 11) is 2.03. The molecular formula is C8H13NS2. The summed E-state index contributed by atoms with van der Waals surface area (Å²) in [6, 6.07) is 0. The van der Waals surface area contributed by atoms with Crippen LogP contribution in [-0.4, -0.2) is 4.57 Å².